The maximum absolute atomic E-state index is 12.9. The van der Waals surface area contributed by atoms with E-state index in [0.29, 0.717) is 43.3 Å². The Hall–Kier alpha value is -2.57. The zero-order chi connectivity index (χ0) is 22.4. The fraction of sp³-hybridized carbons (Fsp3) is 0.318. The van der Waals surface area contributed by atoms with E-state index in [1.165, 1.54) is 12.1 Å². The summed E-state index contributed by atoms with van der Waals surface area (Å²) in [5.74, 6) is 2.81. The molecule has 1 amide bonds. The van der Waals surface area contributed by atoms with Crippen molar-refractivity contribution in [3.8, 4) is 18.1 Å². The number of piperazine rings is 1. The first-order chi connectivity index (χ1) is 14.8. The highest BCUT2D eigenvalue weighted by atomic mass is 35.5. The van der Waals surface area contributed by atoms with Crippen LogP contribution in [0.5, 0.6) is 5.75 Å². The van der Waals surface area contributed by atoms with E-state index in [1.54, 1.807) is 30.2 Å². The molecule has 2 aromatic rings. The van der Waals surface area contributed by atoms with Gasteiger partial charge in [-0.25, -0.2) is 8.42 Å². The lowest BCUT2D eigenvalue weighted by Gasteiger charge is -2.35. The second-order valence-electron chi connectivity index (χ2n) is 7.08. The van der Waals surface area contributed by atoms with Gasteiger partial charge in [0.05, 0.1) is 18.6 Å². The van der Waals surface area contributed by atoms with Crippen LogP contribution in [0.4, 0.5) is 0 Å². The number of terminal acetylenes is 1. The number of carbonyl (C=O) groups is 1. The molecule has 0 saturated carbocycles. The predicted molar refractivity (Wildman–Crippen MR) is 120 cm³/mol. The normalized spacial score (nSPS) is 14.8. The number of halogens is 1. The van der Waals surface area contributed by atoms with Gasteiger partial charge in [0.1, 0.15) is 5.75 Å². The minimum absolute atomic E-state index is 0.0142. The average Bonchev–Trinajstić information content (AvgIpc) is 2.78. The van der Waals surface area contributed by atoms with E-state index in [4.69, 9.17) is 22.8 Å². The number of nitrogens with one attached hydrogen (secondary N) is 1. The largest absolute Gasteiger partial charge is 0.496 e. The fourth-order valence-electron chi connectivity index (χ4n) is 3.42. The van der Waals surface area contributed by atoms with Gasteiger partial charge in [-0.3, -0.25) is 9.69 Å². The van der Waals surface area contributed by atoms with Crippen LogP contribution in [-0.2, 0) is 16.6 Å². The molecular formula is C22H24ClN3O4S. The predicted octanol–water partition coefficient (Wildman–Crippen LogP) is 2.22. The first kappa shape index (κ1) is 23.1. The van der Waals surface area contributed by atoms with Gasteiger partial charge in [0.15, 0.2) is 0 Å². The zero-order valence-corrected chi connectivity index (χ0v) is 18.7. The monoisotopic (exact) mass is 461 g/mol. The van der Waals surface area contributed by atoms with Gasteiger partial charge >= 0.3 is 0 Å². The van der Waals surface area contributed by atoms with Crippen molar-refractivity contribution in [1.29, 1.82) is 0 Å². The van der Waals surface area contributed by atoms with Crippen LogP contribution in [0.2, 0.25) is 5.02 Å². The summed E-state index contributed by atoms with van der Waals surface area (Å²) in [6.07, 6.45) is 5.12. The molecule has 3 rings (SSSR count). The summed E-state index contributed by atoms with van der Waals surface area (Å²) in [5, 5.41) is 0.649. The Kier molecular flexibility index (Phi) is 7.57. The minimum Gasteiger partial charge on any atom is -0.496 e. The number of hydrogen-bond donors (Lipinski definition) is 1. The van der Waals surface area contributed by atoms with Crippen LogP contribution >= 0.6 is 11.6 Å². The van der Waals surface area contributed by atoms with Crippen LogP contribution in [0.15, 0.2) is 47.4 Å². The molecule has 0 spiro atoms. The number of hydrogen-bond acceptors (Lipinski definition) is 5. The molecule has 0 radical (unpaired) electrons. The fourth-order valence-corrected chi connectivity index (χ4v) is 4.59. The van der Waals surface area contributed by atoms with Gasteiger partial charge in [-0.15, -0.1) is 6.42 Å². The van der Waals surface area contributed by atoms with Gasteiger partial charge in [-0.1, -0.05) is 23.6 Å². The highest BCUT2D eigenvalue weighted by Crippen LogP contribution is 2.24. The lowest BCUT2D eigenvalue weighted by Crippen LogP contribution is -2.48. The van der Waals surface area contributed by atoms with Gasteiger partial charge in [-0.2, -0.15) is 4.72 Å². The Morgan fingerprint density at radius 2 is 1.94 bits per heavy atom. The molecule has 1 N–H and O–H groups in total. The standard InChI is InChI=1S/C22H24ClN3O4S/c1-3-9-24-31(28,29)20-6-4-5-17(15-20)22(27)26-12-10-25(11-13-26)16-18-14-19(23)7-8-21(18)30-2/h1,4-8,14-15,24H,9-13,16H2,2H3. The van der Waals surface area contributed by atoms with Crippen molar-refractivity contribution in [2.45, 2.75) is 11.4 Å². The third-order valence-corrected chi connectivity index (χ3v) is 6.69. The topological polar surface area (TPSA) is 79.0 Å². The Morgan fingerprint density at radius 1 is 1.19 bits per heavy atom. The third-order valence-electron chi connectivity index (χ3n) is 5.05. The summed E-state index contributed by atoms with van der Waals surface area (Å²) >= 11 is 6.11. The molecule has 2 aromatic carbocycles. The van der Waals surface area contributed by atoms with E-state index in [9.17, 15) is 13.2 Å². The van der Waals surface area contributed by atoms with Gasteiger partial charge in [0.2, 0.25) is 10.0 Å². The maximum Gasteiger partial charge on any atom is 0.253 e. The molecule has 7 nitrogen and oxygen atoms in total. The lowest BCUT2D eigenvalue weighted by atomic mass is 10.1. The van der Waals surface area contributed by atoms with Crippen LogP contribution in [0.1, 0.15) is 15.9 Å². The molecular weight excluding hydrogens is 438 g/mol. The molecule has 0 bridgehead atoms. The van der Waals surface area contributed by atoms with Gasteiger partial charge < -0.3 is 9.64 Å². The van der Waals surface area contributed by atoms with Gasteiger partial charge in [-0.05, 0) is 36.4 Å². The molecule has 1 aliphatic heterocycles. The number of nitrogens with zero attached hydrogens (tertiary/aromatic N) is 2. The van der Waals surface area contributed by atoms with Crippen molar-refractivity contribution < 1.29 is 17.9 Å². The number of benzene rings is 2. The second-order valence-corrected chi connectivity index (χ2v) is 9.28. The van der Waals surface area contributed by atoms with E-state index in [2.05, 4.69) is 15.5 Å². The summed E-state index contributed by atoms with van der Waals surface area (Å²) in [5.41, 5.74) is 1.32. The van der Waals surface area contributed by atoms with E-state index < -0.39 is 10.0 Å². The van der Waals surface area contributed by atoms with Gasteiger partial charge in [0, 0.05) is 48.9 Å². The van der Waals surface area contributed by atoms with E-state index in [0.717, 1.165) is 11.3 Å². The van der Waals surface area contributed by atoms with Gasteiger partial charge in [0.25, 0.3) is 5.91 Å². The van der Waals surface area contributed by atoms with E-state index >= 15 is 0 Å². The lowest BCUT2D eigenvalue weighted by molar-refractivity contribution is 0.0627. The Bertz CT molecular complexity index is 1090. The summed E-state index contributed by atoms with van der Waals surface area (Å²) < 4.78 is 32.3. The Morgan fingerprint density at radius 3 is 2.61 bits per heavy atom. The third kappa shape index (κ3) is 5.77. The first-order valence-corrected chi connectivity index (χ1v) is 11.6. The molecule has 164 valence electrons. The van der Waals surface area contributed by atoms with Crippen molar-refractivity contribution in [2.24, 2.45) is 0 Å². The molecule has 1 heterocycles. The van der Waals surface area contributed by atoms with Crippen molar-refractivity contribution in [1.82, 2.24) is 14.5 Å². The molecule has 0 unspecified atom stereocenters. The van der Waals surface area contributed by atoms with Crippen LogP contribution in [0.3, 0.4) is 0 Å². The van der Waals surface area contributed by atoms with Crippen molar-refractivity contribution in [3.05, 3.63) is 58.6 Å². The number of methoxy groups -OCH3 is 1. The van der Waals surface area contributed by atoms with E-state index in [-0.39, 0.29) is 17.3 Å². The van der Waals surface area contributed by atoms with Crippen molar-refractivity contribution >= 4 is 27.5 Å². The molecule has 31 heavy (non-hydrogen) atoms. The van der Waals surface area contributed by atoms with Crippen LogP contribution < -0.4 is 9.46 Å². The van der Waals surface area contributed by atoms with Crippen LogP contribution in [0, 0.1) is 12.3 Å². The molecule has 1 aliphatic rings. The summed E-state index contributed by atoms with van der Waals surface area (Å²) in [4.78, 5) is 16.9. The number of carbonyl (C=O) groups excluding carboxylic acids is 1. The molecule has 0 atom stereocenters. The summed E-state index contributed by atoms with van der Waals surface area (Å²) in [7, 11) is -2.13. The zero-order valence-electron chi connectivity index (χ0n) is 17.2. The number of sulfonamides is 1. The van der Waals surface area contributed by atoms with Crippen molar-refractivity contribution in [3.63, 3.8) is 0 Å². The Balaban J connectivity index is 1.64. The average molecular weight is 462 g/mol. The van der Waals surface area contributed by atoms with E-state index in [1.807, 2.05) is 12.1 Å². The number of rotatable bonds is 7. The SMILES string of the molecule is C#CCNS(=O)(=O)c1cccc(C(=O)N2CCN(Cc3cc(Cl)ccc3OC)CC2)c1. The highest BCUT2D eigenvalue weighted by molar-refractivity contribution is 7.89. The van der Waals surface area contributed by atoms with Crippen molar-refractivity contribution in [2.75, 3.05) is 39.8 Å². The molecule has 9 heteroatoms. The van der Waals surface area contributed by atoms with Crippen LogP contribution in [-0.4, -0.2) is 64.0 Å². The number of ether oxygens (including phenoxy) is 1. The quantitative estimate of drug-likeness (QED) is 0.639. The first-order valence-electron chi connectivity index (χ1n) is 9.71. The summed E-state index contributed by atoms with van der Waals surface area (Å²) in [6.45, 7) is 2.99. The smallest absolute Gasteiger partial charge is 0.253 e. The maximum atomic E-state index is 12.9. The minimum atomic E-state index is -3.76. The second kappa shape index (κ2) is 10.2. The Labute approximate surface area is 188 Å². The molecule has 1 saturated heterocycles. The summed E-state index contributed by atoms with van der Waals surface area (Å²) in [6, 6.07) is 11.5. The molecule has 0 aromatic heterocycles. The van der Waals surface area contributed by atoms with Crippen LogP contribution in [0.25, 0.3) is 0 Å². The number of amides is 1. The molecule has 1 fully saturated rings. The molecule has 0 aliphatic carbocycles. The highest BCUT2D eigenvalue weighted by Gasteiger charge is 2.24.